The first-order valence-electron chi connectivity index (χ1n) is 6.57. The van der Waals surface area contributed by atoms with E-state index < -0.39 is 6.10 Å². The normalized spacial score (nSPS) is 12.6. The first-order valence-corrected chi connectivity index (χ1v) is 6.57. The number of para-hydroxylation sites is 1. The molecule has 0 saturated heterocycles. The molecule has 0 aliphatic carbocycles. The van der Waals surface area contributed by atoms with Crippen molar-refractivity contribution < 1.29 is 14.6 Å². The highest BCUT2D eigenvalue weighted by molar-refractivity contribution is 5.88. The fourth-order valence-electron chi connectivity index (χ4n) is 2.24. The van der Waals surface area contributed by atoms with E-state index in [1.807, 2.05) is 30.5 Å². The molecular formula is C15H20N2O3. The summed E-state index contributed by atoms with van der Waals surface area (Å²) in [7, 11) is 3.22. The monoisotopic (exact) mass is 276 g/mol. The molecule has 0 radical (unpaired) electrons. The number of nitrogens with zero attached hydrogens (tertiary/aromatic N) is 1. The van der Waals surface area contributed by atoms with E-state index in [2.05, 4.69) is 4.98 Å². The maximum Gasteiger partial charge on any atom is 0.226 e. The van der Waals surface area contributed by atoms with Crippen LogP contribution >= 0.6 is 0 Å². The molecule has 5 nitrogen and oxygen atoms in total. The molecule has 20 heavy (non-hydrogen) atoms. The van der Waals surface area contributed by atoms with E-state index in [1.165, 1.54) is 12.0 Å². The molecule has 0 bridgehead atoms. The number of hydrogen-bond acceptors (Lipinski definition) is 3. The fourth-order valence-corrected chi connectivity index (χ4v) is 2.24. The van der Waals surface area contributed by atoms with E-state index in [4.69, 9.17) is 4.74 Å². The molecule has 1 aromatic heterocycles. The third kappa shape index (κ3) is 3.37. The lowest BCUT2D eigenvalue weighted by Gasteiger charge is -2.20. The van der Waals surface area contributed by atoms with Gasteiger partial charge in [-0.05, 0) is 11.6 Å². The summed E-state index contributed by atoms with van der Waals surface area (Å²) >= 11 is 0. The lowest BCUT2D eigenvalue weighted by atomic mass is 10.1. The second-order valence-corrected chi connectivity index (χ2v) is 4.92. The first-order chi connectivity index (χ1) is 9.61. The molecule has 0 spiro atoms. The Kier molecular flexibility index (Phi) is 4.76. The van der Waals surface area contributed by atoms with Crippen molar-refractivity contribution in [2.24, 2.45) is 0 Å². The van der Waals surface area contributed by atoms with Crippen LogP contribution in [0.4, 0.5) is 0 Å². The number of aromatic amines is 1. The Morgan fingerprint density at radius 3 is 2.95 bits per heavy atom. The Morgan fingerprint density at radius 1 is 1.45 bits per heavy atom. The van der Waals surface area contributed by atoms with Crippen LogP contribution in [0.25, 0.3) is 10.9 Å². The first kappa shape index (κ1) is 14.6. The van der Waals surface area contributed by atoms with Gasteiger partial charge in [-0.2, -0.15) is 0 Å². The molecule has 1 atom stereocenters. The van der Waals surface area contributed by atoms with Gasteiger partial charge in [-0.1, -0.05) is 18.2 Å². The number of aliphatic hydroxyl groups excluding tert-OH is 1. The topological polar surface area (TPSA) is 65.6 Å². The minimum absolute atomic E-state index is 0.0232. The summed E-state index contributed by atoms with van der Waals surface area (Å²) in [6.45, 7) is 0.500. The van der Waals surface area contributed by atoms with Crippen molar-refractivity contribution in [2.75, 3.05) is 27.3 Å². The van der Waals surface area contributed by atoms with Gasteiger partial charge in [0.2, 0.25) is 5.91 Å². The standard InChI is InChI=1S/C15H20N2O3/c1-17(9-12(18)10-20-2)15(19)7-11-8-16-14-6-4-3-5-13(11)14/h3-6,8,12,16,18H,7,9-10H2,1-2H3. The van der Waals surface area contributed by atoms with Crippen molar-refractivity contribution in [3.05, 3.63) is 36.0 Å². The third-order valence-electron chi connectivity index (χ3n) is 3.29. The number of amides is 1. The summed E-state index contributed by atoms with van der Waals surface area (Å²) in [6, 6.07) is 7.89. The van der Waals surface area contributed by atoms with Gasteiger partial charge in [0.25, 0.3) is 0 Å². The number of H-pyrrole nitrogens is 1. The van der Waals surface area contributed by atoms with E-state index >= 15 is 0 Å². The second-order valence-electron chi connectivity index (χ2n) is 4.92. The number of benzene rings is 1. The average molecular weight is 276 g/mol. The number of carbonyl (C=O) groups excluding carboxylic acids is 1. The van der Waals surface area contributed by atoms with Gasteiger partial charge in [0.15, 0.2) is 0 Å². The maximum atomic E-state index is 12.2. The number of nitrogens with one attached hydrogen (secondary N) is 1. The van der Waals surface area contributed by atoms with Crippen molar-refractivity contribution in [1.29, 1.82) is 0 Å². The molecule has 2 aromatic rings. The third-order valence-corrected chi connectivity index (χ3v) is 3.29. The van der Waals surface area contributed by atoms with Crippen LogP contribution in [0.1, 0.15) is 5.56 Å². The van der Waals surface area contributed by atoms with E-state index in [-0.39, 0.29) is 19.1 Å². The molecule has 2 N–H and O–H groups in total. The predicted molar refractivity (Wildman–Crippen MR) is 77.5 cm³/mol. The van der Waals surface area contributed by atoms with Crippen molar-refractivity contribution in [3.63, 3.8) is 0 Å². The number of aliphatic hydroxyl groups is 1. The van der Waals surface area contributed by atoms with Crippen LogP contribution in [0.2, 0.25) is 0 Å². The van der Waals surface area contributed by atoms with Gasteiger partial charge >= 0.3 is 0 Å². The second kappa shape index (κ2) is 6.54. The number of aromatic nitrogens is 1. The highest BCUT2D eigenvalue weighted by Crippen LogP contribution is 2.18. The largest absolute Gasteiger partial charge is 0.389 e. The number of carbonyl (C=O) groups is 1. The van der Waals surface area contributed by atoms with Gasteiger partial charge in [0, 0.05) is 37.8 Å². The zero-order valence-electron chi connectivity index (χ0n) is 11.8. The molecule has 0 aliphatic rings. The molecule has 1 unspecified atom stereocenters. The quantitative estimate of drug-likeness (QED) is 0.832. The number of hydrogen-bond donors (Lipinski definition) is 2. The molecule has 0 saturated carbocycles. The van der Waals surface area contributed by atoms with Crippen LogP contribution in [0.5, 0.6) is 0 Å². The van der Waals surface area contributed by atoms with Crippen LogP contribution in [-0.2, 0) is 16.0 Å². The van der Waals surface area contributed by atoms with Crippen molar-refractivity contribution in [1.82, 2.24) is 9.88 Å². The van der Waals surface area contributed by atoms with Gasteiger partial charge in [0.1, 0.15) is 0 Å². The number of fused-ring (bicyclic) bond motifs is 1. The Hall–Kier alpha value is -1.85. The van der Waals surface area contributed by atoms with E-state index in [0.717, 1.165) is 16.5 Å². The molecule has 0 aliphatic heterocycles. The van der Waals surface area contributed by atoms with Crippen LogP contribution in [-0.4, -0.2) is 54.3 Å². The molecule has 2 rings (SSSR count). The molecule has 1 heterocycles. The number of rotatable bonds is 6. The van der Waals surface area contributed by atoms with Crippen molar-refractivity contribution in [2.45, 2.75) is 12.5 Å². The van der Waals surface area contributed by atoms with Crippen LogP contribution < -0.4 is 0 Å². The summed E-state index contributed by atoms with van der Waals surface area (Å²) in [5.41, 5.74) is 2.00. The van der Waals surface area contributed by atoms with Gasteiger partial charge < -0.3 is 19.7 Å². The molecule has 5 heteroatoms. The highest BCUT2D eigenvalue weighted by atomic mass is 16.5. The smallest absolute Gasteiger partial charge is 0.226 e. The number of methoxy groups -OCH3 is 1. The molecule has 108 valence electrons. The molecule has 1 aromatic carbocycles. The molecular weight excluding hydrogens is 256 g/mol. The summed E-state index contributed by atoms with van der Waals surface area (Å²) in [5.74, 6) is -0.0232. The van der Waals surface area contributed by atoms with Crippen molar-refractivity contribution >= 4 is 16.8 Å². The maximum absolute atomic E-state index is 12.2. The number of ether oxygens (including phenoxy) is 1. The van der Waals surface area contributed by atoms with Gasteiger partial charge in [0.05, 0.1) is 19.1 Å². The summed E-state index contributed by atoms with van der Waals surface area (Å²) in [5, 5.41) is 10.7. The SMILES string of the molecule is COCC(O)CN(C)C(=O)Cc1c[nH]c2ccccc12. The zero-order valence-corrected chi connectivity index (χ0v) is 11.8. The molecule has 1 amide bonds. The molecule has 0 fully saturated rings. The summed E-state index contributed by atoms with van der Waals surface area (Å²) < 4.78 is 4.85. The lowest BCUT2D eigenvalue weighted by molar-refractivity contribution is -0.130. The van der Waals surface area contributed by atoms with Gasteiger partial charge in [-0.3, -0.25) is 4.79 Å². The van der Waals surface area contributed by atoms with E-state index in [0.29, 0.717) is 6.42 Å². The summed E-state index contributed by atoms with van der Waals surface area (Å²) in [4.78, 5) is 16.8. The van der Waals surface area contributed by atoms with Crippen LogP contribution in [0.3, 0.4) is 0 Å². The minimum atomic E-state index is -0.656. The Bertz CT molecular complexity index is 579. The Balaban J connectivity index is 2.00. The van der Waals surface area contributed by atoms with Crippen LogP contribution in [0, 0.1) is 0 Å². The Labute approximate surface area is 118 Å². The predicted octanol–water partition coefficient (Wildman–Crippen LogP) is 1.18. The average Bonchev–Trinajstić information content (AvgIpc) is 2.82. The van der Waals surface area contributed by atoms with E-state index in [1.54, 1.807) is 7.05 Å². The Morgan fingerprint density at radius 2 is 2.20 bits per heavy atom. The number of likely N-dealkylation sites (N-methyl/N-ethyl adjacent to an activating group) is 1. The zero-order chi connectivity index (χ0) is 14.5. The van der Waals surface area contributed by atoms with Gasteiger partial charge in [-0.25, -0.2) is 0 Å². The van der Waals surface area contributed by atoms with Gasteiger partial charge in [-0.15, -0.1) is 0 Å². The lowest BCUT2D eigenvalue weighted by Crippen LogP contribution is -2.37. The fraction of sp³-hybridized carbons (Fsp3) is 0.400. The highest BCUT2D eigenvalue weighted by Gasteiger charge is 2.15. The van der Waals surface area contributed by atoms with Crippen LogP contribution in [0.15, 0.2) is 30.5 Å². The minimum Gasteiger partial charge on any atom is -0.389 e. The summed E-state index contributed by atoms with van der Waals surface area (Å²) in [6.07, 6.45) is 1.53. The van der Waals surface area contributed by atoms with Crippen molar-refractivity contribution in [3.8, 4) is 0 Å². The van der Waals surface area contributed by atoms with E-state index in [9.17, 15) is 9.90 Å².